The van der Waals surface area contributed by atoms with Gasteiger partial charge in [0.1, 0.15) is 0 Å². The van der Waals surface area contributed by atoms with E-state index in [-0.39, 0.29) is 6.04 Å². The van der Waals surface area contributed by atoms with E-state index in [1.54, 1.807) is 0 Å². The molecule has 1 aliphatic heterocycles. The van der Waals surface area contributed by atoms with Crippen LogP contribution in [0.3, 0.4) is 0 Å². The molecule has 88 valence electrons. The summed E-state index contributed by atoms with van der Waals surface area (Å²) in [7, 11) is 0. The third-order valence-corrected chi connectivity index (χ3v) is 3.24. The van der Waals surface area contributed by atoms with Crippen LogP contribution >= 0.6 is 0 Å². The lowest BCUT2D eigenvalue weighted by atomic mass is 9.91. The van der Waals surface area contributed by atoms with Crippen LogP contribution in [0.1, 0.15) is 36.6 Å². The van der Waals surface area contributed by atoms with Crippen LogP contribution in [0.15, 0.2) is 18.3 Å². The minimum absolute atomic E-state index is 0.0722. The maximum Gasteiger partial charge on any atom is 0.0573 e. The Labute approximate surface area is 97.0 Å². The van der Waals surface area contributed by atoms with Crippen molar-refractivity contribution >= 4 is 0 Å². The summed E-state index contributed by atoms with van der Waals surface area (Å²) in [6.45, 7) is 3.85. The summed E-state index contributed by atoms with van der Waals surface area (Å²) in [5, 5.41) is 0. The third kappa shape index (κ3) is 3.03. The van der Waals surface area contributed by atoms with E-state index in [0.29, 0.717) is 5.92 Å². The highest BCUT2D eigenvalue weighted by molar-refractivity contribution is 5.16. The average Bonchev–Trinajstić information content (AvgIpc) is 2.30. The van der Waals surface area contributed by atoms with Crippen molar-refractivity contribution in [2.24, 2.45) is 11.7 Å². The average molecular weight is 220 g/mol. The number of nitrogens with two attached hydrogens (primary N) is 1. The molecule has 1 aliphatic rings. The maximum absolute atomic E-state index is 6.19. The number of hydrogen-bond acceptors (Lipinski definition) is 3. The minimum Gasteiger partial charge on any atom is -0.381 e. The van der Waals surface area contributed by atoms with Crippen molar-refractivity contribution in [2.45, 2.75) is 32.2 Å². The van der Waals surface area contributed by atoms with Gasteiger partial charge in [0.2, 0.25) is 0 Å². The van der Waals surface area contributed by atoms with Crippen molar-refractivity contribution in [3.8, 4) is 0 Å². The van der Waals surface area contributed by atoms with Gasteiger partial charge in [-0.15, -0.1) is 0 Å². The van der Waals surface area contributed by atoms with Crippen molar-refractivity contribution in [1.29, 1.82) is 0 Å². The second-order valence-corrected chi connectivity index (χ2v) is 4.66. The monoisotopic (exact) mass is 220 g/mol. The molecule has 1 aromatic rings. The van der Waals surface area contributed by atoms with Crippen LogP contribution < -0.4 is 5.73 Å². The van der Waals surface area contributed by atoms with Crippen molar-refractivity contribution in [3.05, 3.63) is 29.6 Å². The van der Waals surface area contributed by atoms with Gasteiger partial charge in [0.15, 0.2) is 0 Å². The fourth-order valence-electron chi connectivity index (χ4n) is 2.22. The highest BCUT2D eigenvalue weighted by Gasteiger charge is 2.18. The highest BCUT2D eigenvalue weighted by atomic mass is 16.5. The van der Waals surface area contributed by atoms with Gasteiger partial charge in [-0.3, -0.25) is 4.98 Å². The predicted molar refractivity (Wildman–Crippen MR) is 64.1 cm³/mol. The van der Waals surface area contributed by atoms with E-state index in [1.165, 1.54) is 5.56 Å². The molecule has 0 aromatic carbocycles. The first-order chi connectivity index (χ1) is 7.75. The molecular formula is C13H20N2O. The van der Waals surface area contributed by atoms with Crippen LogP contribution in [0.4, 0.5) is 0 Å². The molecule has 1 aromatic heterocycles. The lowest BCUT2D eigenvalue weighted by molar-refractivity contribution is 0.0617. The van der Waals surface area contributed by atoms with Crippen molar-refractivity contribution in [2.75, 3.05) is 13.2 Å². The molecule has 3 heteroatoms. The Balaban J connectivity index is 1.94. The molecule has 0 amide bonds. The summed E-state index contributed by atoms with van der Waals surface area (Å²) in [4.78, 5) is 4.35. The summed E-state index contributed by atoms with van der Waals surface area (Å²) in [5.41, 5.74) is 8.44. The van der Waals surface area contributed by atoms with Gasteiger partial charge in [-0.25, -0.2) is 0 Å². The Kier molecular flexibility index (Phi) is 3.91. The molecule has 2 rings (SSSR count). The SMILES string of the molecule is Cc1ccnc(C(N)CC2CCOCC2)c1. The topological polar surface area (TPSA) is 48.1 Å². The van der Waals surface area contributed by atoms with Gasteiger partial charge in [0.05, 0.1) is 5.69 Å². The van der Waals surface area contributed by atoms with Crippen molar-refractivity contribution in [3.63, 3.8) is 0 Å². The normalized spacial score (nSPS) is 19.6. The van der Waals surface area contributed by atoms with Crippen LogP contribution in [0.25, 0.3) is 0 Å². The van der Waals surface area contributed by atoms with Crippen LogP contribution in [0.2, 0.25) is 0 Å². The Morgan fingerprint density at radius 1 is 1.50 bits per heavy atom. The number of rotatable bonds is 3. The van der Waals surface area contributed by atoms with Gasteiger partial charge >= 0.3 is 0 Å². The van der Waals surface area contributed by atoms with Crippen molar-refractivity contribution < 1.29 is 4.74 Å². The molecule has 0 spiro atoms. The van der Waals surface area contributed by atoms with Crippen LogP contribution in [0, 0.1) is 12.8 Å². The van der Waals surface area contributed by atoms with Gasteiger partial charge in [-0.1, -0.05) is 0 Å². The first-order valence-corrected chi connectivity index (χ1v) is 6.01. The molecule has 0 saturated carbocycles. The number of hydrogen-bond donors (Lipinski definition) is 1. The highest BCUT2D eigenvalue weighted by Crippen LogP contribution is 2.25. The Morgan fingerprint density at radius 3 is 2.94 bits per heavy atom. The minimum atomic E-state index is 0.0722. The van der Waals surface area contributed by atoms with E-state index in [9.17, 15) is 0 Å². The van der Waals surface area contributed by atoms with Gasteiger partial charge < -0.3 is 10.5 Å². The number of aromatic nitrogens is 1. The second kappa shape index (κ2) is 5.41. The molecule has 16 heavy (non-hydrogen) atoms. The molecule has 1 unspecified atom stereocenters. The summed E-state index contributed by atoms with van der Waals surface area (Å²) in [6.07, 6.45) is 5.15. The fraction of sp³-hybridized carbons (Fsp3) is 0.615. The number of ether oxygens (including phenoxy) is 1. The van der Waals surface area contributed by atoms with Gasteiger partial charge in [-0.05, 0) is 49.8 Å². The summed E-state index contributed by atoms with van der Waals surface area (Å²) < 4.78 is 5.35. The number of nitrogens with zero attached hydrogens (tertiary/aromatic N) is 1. The second-order valence-electron chi connectivity index (χ2n) is 4.66. The Hall–Kier alpha value is -0.930. The smallest absolute Gasteiger partial charge is 0.0573 e. The third-order valence-electron chi connectivity index (χ3n) is 3.24. The molecule has 2 N–H and O–H groups in total. The van der Waals surface area contributed by atoms with E-state index >= 15 is 0 Å². The van der Waals surface area contributed by atoms with E-state index < -0.39 is 0 Å². The summed E-state index contributed by atoms with van der Waals surface area (Å²) in [6, 6.07) is 4.16. The molecule has 2 heterocycles. The van der Waals surface area contributed by atoms with Crippen LogP contribution in [-0.2, 0) is 4.74 Å². The molecule has 0 aliphatic carbocycles. The van der Waals surface area contributed by atoms with Gasteiger partial charge in [-0.2, -0.15) is 0 Å². The molecule has 0 bridgehead atoms. The van der Waals surface area contributed by atoms with E-state index in [1.807, 2.05) is 12.3 Å². The largest absolute Gasteiger partial charge is 0.381 e. The van der Waals surface area contributed by atoms with E-state index in [4.69, 9.17) is 10.5 Å². The van der Waals surface area contributed by atoms with Gasteiger partial charge in [0.25, 0.3) is 0 Å². The first kappa shape index (κ1) is 11.6. The summed E-state index contributed by atoms with van der Waals surface area (Å²) in [5.74, 6) is 0.700. The molecule has 1 saturated heterocycles. The number of pyridine rings is 1. The maximum atomic E-state index is 6.19. The Morgan fingerprint density at radius 2 is 2.25 bits per heavy atom. The predicted octanol–water partition coefficient (Wildman–Crippen LogP) is 2.21. The molecule has 1 fully saturated rings. The summed E-state index contributed by atoms with van der Waals surface area (Å²) >= 11 is 0. The van der Waals surface area contributed by atoms with E-state index in [2.05, 4.69) is 18.0 Å². The Bertz CT molecular complexity index is 334. The molecular weight excluding hydrogens is 200 g/mol. The lowest BCUT2D eigenvalue weighted by Crippen LogP contribution is -2.22. The van der Waals surface area contributed by atoms with Crippen LogP contribution in [0.5, 0.6) is 0 Å². The zero-order valence-electron chi connectivity index (χ0n) is 9.86. The zero-order chi connectivity index (χ0) is 11.4. The quantitative estimate of drug-likeness (QED) is 0.849. The van der Waals surface area contributed by atoms with Crippen LogP contribution in [-0.4, -0.2) is 18.2 Å². The lowest BCUT2D eigenvalue weighted by Gasteiger charge is -2.24. The van der Waals surface area contributed by atoms with Crippen molar-refractivity contribution in [1.82, 2.24) is 4.98 Å². The fourth-order valence-corrected chi connectivity index (χ4v) is 2.22. The van der Waals surface area contributed by atoms with E-state index in [0.717, 1.165) is 38.2 Å². The molecule has 3 nitrogen and oxygen atoms in total. The van der Waals surface area contributed by atoms with Gasteiger partial charge in [0, 0.05) is 25.5 Å². The first-order valence-electron chi connectivity index (χ1n) is 6.01. The number of aryl methyl sites for hydroxylation is 1. The standard InChI is InChI=1S/C13H20N2O/c1-10-2-5-15-13(8-10)12(14)9-11-3-6-16-7-4-11/h2,5,8,11-12H,3-4,6-7,9,14H2,1H3. The zero-order valence-corrected chi connectivity index (χ0v) is 9.86. The molecule has 1 atom stereocenters. The molecule has 0 radical (unpaired) electrons.